The van der Waals surface area contributed by atoms with Crippen molar-refractivity contribution < 1.29 is 13.2 Å². The summed E-state index contributed by atoms with van der Waals surface area (Å²) in [6, 6.07) is 5.75. The van der Waals surface area contributed by atoms with E-state index < -0.39 is 11.7 Å². The van der Waals surface area contributed by atoms with Crippen LogP contribution in [0.3, 0.4) is 0 Å². The second kappa shape index (κ2) is 4.97. The summed E-state index contributed by atoms with van der Waals surface area (Å²) in [6.07, 6.45) is 1.17. The van der Waals surface area contributed by atoms with Crippen LogP contribution in [0.15, 0.2) is 49.1 Å². The van der Waals surface area contributed by atoms with Crippen molar-refractivity contribution in [1.29, 1.82) is 0 Å². The van der Waals surface area contributed by atoms with Crippen LogP contribution in [0.4, 0.5) is 13.2 Å². The molecule has 5 nitrogen and oxygen atoms in total. The Morgan fingerprint density at radius 3 is 2.48 bits per heavy atom. The Labute approximate surface area is 117 Å². The van der Waals surface area contributed by atoms with Gasteiger partial charge in [-0.2, -0.15) is 13.2 Å². The van der Waals surface area contributed by atoms with Crippen LogP contribution in [-0.2, 0) is 6.18 Å². The van der Waals surface area contributed by atoms with E-state index in [1.165, 1.54) is 10.7 Å². The van der Waals surface area contributed by atoms with Gasteiger partial charge in [0.05, 0.1) is 29.3 Å². The zero-order valence-corrected chi connectivity index (χ0v) is 10.5. The summed E-state index contributed by atoms with van der Waals surface area (Å²) in [5.41, 5.74) is 0.597. The Morgan fingerprint density at radius 1 is 1.00 bits per heavy atom. The monoisotopic (exact) mass is 291 g/mol. The number of pyridine rings is 2. The van der Waals surface area contributed by atoms with E-state index in [4.69, 9.17) is 0 Å². The quantitative estimate of drug-likeness (QED) is 0.728. The lowest BCUT2D eigenvalue weighted by molar-refractivity contribution is -0.137. The highest BCUT2D eigenvalue weighted by Gasteiger charge is 2.30. The molecule has 0 aliphatic heterocycles. The van der Waals surface area contributed by atoms with Crippen LogP contribution < -0.4 is 0 Å². The Kier molecular flexibility index (Phi) is 3.13. The predicted octanol–water partition coefficient (Wildman–Crippen LogP) is 2.74. The second-order valence-corrected chi connectivity index (χ2v) is 4.19. The van der Waals surface area contributed by atoms with Gasteiger partial charge in [0.15, 0.2) is 0 Å². The van der Waals surface area contributed by atoms with Crippen molar-refractivity contribution in [2.24, 2.45) is 0 Å². The van der Waals surface area contributed by atoms with Gasteiger partial charge in [-0.3, -0.25) is 9.97 Å². The van der Waals surface area contributed by atoms with Crippen molar-refractivity contribution in [1.82, 2.24) is 25.0 Å². The first-order valence-electron chi connectivity index (χ1n) is 5.90. The fourth-order valence-electron chi connectivity index (χ4n) is 1.71. The fraction of sp³-hybridized carbons (Fsp3) is 0.0769. The zero-order chi connectivity index (χ0) is 14.9. The molecular weight excluding hydrogens is 283 g/mol. The molecule has 3 aromatic rings. The van der Waals surface area contributed by atoms with Gasteiger partial charge < -0.3 is 0 Å². The zero-order valence-electron chi connectivity index (χ0n) is 10.5. The van der Waals surface area contributed by atoms with Gasteiger partial charge in [-0.25, -0.2) is 4.68 Å². The minimum absolute atomic E-state index is 0.318. The highest BCUT2D eigenvalue weighted by atomic mass is 19.4. The van der Waals surface area contributed by atoms with Gasteiger partial charge >= 0.3 is 6.18 Å². The molecule has 0 fully saturated rings. The molecular formula is C13H8F3N5. The third-order valence-electron chi connectivity index (χ3n) is 2.76. The van der Waals surface area contributed by atoms with Crippen LogP contribution in [0.1, 0.15) is 5.56 Å². The molecule has 3 rings (SSSR count). The van der Waals surface area contributed by atoms with E-state index in [1.54, 1.807) is 30.7 Å². The number of halogens is 3. The van der Waals surface area contributed by atoms with Crippen molar-refractivity contribution in [3.8, 4) is 17.1 Å². The highest BCUT2D eigenvalue weighted by molar-refractivity contribution is 5.53. The minimum Gasteiger partial charge on any atom is -0.262 e. The smallest absolute Gasteiger partial charge is 0.262 e. The molecule has 3 aromatic heterocycles. The molecule has 8 heteroatoms. The summed E-state index contributed by atoms with van der Waals surface area (Å²) in [4.78, 5) is 7.72. The van der Waals surface area contributed by atoms with E-state index in [0.29, 0.717) is 17.1 Å². The molecule has 106 valence electrons. The molecule has 0 amide bonds. The van der Waals surface area contributed by atoms with Crippen LogP contribution in [-0.4, -0.2) is 25.0 Å². The molecule has 0 spiro atoms. The largest absolute Gasteiger partial charge is 0.417 e. The van der Waals surface area contributed by atoms with Crippen LogP contribution in [0, 0.1) is 0 Å². The molecule has 21 heavy (non-hydrogen) atoms. The van der Waals surface area contributed by atoms with Crippen molar-refractivity contribution in [2.45, 2.75) is 6.18 Å². The molecule has 0 aromatic carbocycles. The number of aromatic nitrogens is 5. The van der Waals surface area contributed by atoms with Crippen LogP contribution in [0.25, 0.3) is 17.1 Å². The van der Waals surface area contributed by atoms with Crippen molar-refractivity contribution in [2.75, 3.05) is 0 Å². The van der Waals surface area contributed by atoms with Crippen LogP contribution >= 0.6 is 0 Å². The van der Waals surface area contributed by atoms with Crippen LogP contribution in [0.5, 0.6) is 0 Å². The summed E-state index contributed by atoms with van der Waals surface area (Å²) in [6.45, 7) is 0. The number of alkyl halides is 3. The second-order valence-electron chi connectivity index (χ2n) is 4.19. The fourth-order valence-corrected chi connectivity index (χ4v) is 1.71. The first-order valence-corrected chi connectivity index (χ1v) is 5.90. The Bertz CT molecular complexity index is 735. The molecule has 0 N–H and O–H groups in total. The Hall–Kier alpha value is -2.77. The van der Waals surface area contributed by atoms with Crippen molar-refractivity contribution >= 4 is 0 Å². The third-order valence-corrected chi connectivity index (χ3v) is 2.76. The van der Waals surface area contributed by atoms with Crippen molar-refractivity contribution in [3.63, 3.8) is 0 Å². The summed E-state index contributed by atoms with van der Waals surface area (Å²) < 4.78 is 38.9. The maximum atomic E-state index is 12.5. The van der Waals surface area contributed by atoms with Gasteiger partial charge in [0.1, 0.15) is 5.69 Å². The normalized spacial score (nSPS) is 11.6. The van der Waals surface area contributed by atoms with Gasteiger partial charge in [0.2, 0.25) is 0 Å². The lowest BCUT2D eigenvalue weighted by Gasteiger charge is -2.05. The maximum absolute atomic E-state index is 12.5. The van der Waals surface area contributed by atoms with E-state index in [0.717, 1.165) is 12.3 Å². The average Bonchev–Trinajstić information content (AvgIpc) is 2.97. The molecule has 0 saturated carbocycles. The SMILES string of the molecule is FC(F)(F)c1ccc(-c2cn(-c3cccnc3)nn2)nc1. The molecule has 0 aliphatic rings. The first-order chi connectivity index (χ1) is 10.0. The van der Waals surface area contributed by atoms with E-state index in [1.807, 2.05) is 0 Å². The van der Waals surface area contributed by atoms with E-state index in [2.05, 4.69) is 20.3 Å². The van der Waals surface area contributed by atoms with Gasteiger partial charge in [-0.15, -0.1) is 5.10 Å². The molecule has 0 saturated heterocycles. The first kappa shape index (κ1) is 13.2. The number of nitrogens with zero attached hydrogens (tertiary/aromatic N) is 5. The molecule has 0 atom stereocenters. The number of hydrogen-bond donors (Lipinski definition) is 0. The summed E-state index contributed by atoms with van der Waals surface area (Å²) in [7, 11) is 0. The average molecular weight is 291 g/mol. The molecule has 0 unspecified atom stereocenters. The lowest BCUT2D eigenvalue weighted by atomic mass is 10.2. The lowest BCUT2D eigenvalue weighted by Crippen LogP contribution is -2.05. The number of hydrogen-bond acceptors (Lipinski definition) is 4. The summed E-state index contributed by atoms with van der Waals surface area (Å²) in [5.74, 6) is 0. The molecule has 0 radical (unpaired) electrons. The summed E-state index contributed by atoms with van der Waals surface area (Å²) >= 11 is 0. The van der Waals surface area contributed by atoms with Gasteiger partial charge in [0, 0.05) is 12.4 Å². The van der Waals surface area contributed by atoms with E-state index >= 15 is 0 Å². The van der Waals surface area contributed by atoms with E-state index in [9.17, 15) is 13.2 Å². The molecule has 0 aliphatic carbocycles. The van der Waals surface area contributed by atoms with E-state index in [-0.39, 0.29) is 0 Å². The predicted molar refractivity (Wildman–Crippen MR) is 67.4 cm³/mol. The van der Waals surface area contributed by atoms with Crippen molar-refractivity contribution in [3.05, 3.63) is 54.6 Å². The van der Waals surface area contributed by atoms with Gasteiger partial charge in [-0.1, -0.05) is 5.21 Å². The van der Waals surface area contributed by atoms with Gasteiger partial charge in [0.25, 0.3) is 0 Å². The highest BCUT2D eigenvalue weighted by Crippen LogP contribution is 2.29. The summed E-state index contributed by atoms with van der Waals surface area (Å²) in [5, 5.41) is 7.79. The third kappa shape index (κ3) is 2.73. The topological polar surface area (TPSA) is 56.5 Å². The van der Waals surface area contributed by atoms with Gasteiger partial charge in [-0.05, 0) is 24.3 Å². The minimum atomic E-state index is -4.40. The standard InChI is InChI=1S/C13H8F3N5/c14-13(15,16)9-3-4-11(18-6-9)12-8-21(20-19-12)10-2-1-5-17-7-10/h1-8H. The molecule has 3 heterocycles. The Balaban J connectivity index is 1.90. The number of rotatable bonds is 2. The maximum Gasteiger partial charge on any atom is 0.417 e. The molecule has 0 bridgehead atoms. The van der Waals surface area contributed by atoms with Crippen LogP contribution in [0.2, 0.25) is 0 Å². The Morgan fingerprint density at radius 2 is 1.86 bits per heavy atom.